The molecule has 0 bridgehead atoms. The van der Waals surface area contributed by atoms with Crippen molar-refractivity contribution in [2.24, 2.45) is 0 Å². The number of hydrogen-bond acceptors (Lipinski definition) is 6. The molecular weight excluding hydrogens is 889 g/mol. The lowest BCUT2D eigenvalue weighted by Gasteiger charge is -2.18. The van der Waals surface area contributed by atoms with Gasteiger partial charge in [-0.15, -0.1) is 0 Å². The number of rotatable bonds is 57. The van der Waals surface area contributed by atoms with E-state index in [1.165, 1.54) is 199 Å². The van der Waals surface area contributed by atoms with E-state index in [0.717, 1.165) is 83.5 Å². The zero-order valence-corrected chi connectivity index (χ0v) is 47.9. The monoisotopic (exact) mass is 1010 g/mol. The molecule has 0 saturated heterocycles. The molecule has 0 aliphatic rings. The van der Waals surface area contributed by atoms with Crippen LogP contribution in [0.25, 0.3) is 0 Å². The number of ether oxygens (including phenoxy) is 3. The molecule has 0 heterocycles. The Balaban J connectivity index is 4.37. The van der Waals surface area contributed by atoms with Crippen LogP contribution in [0.3, 0.4) is 0 Å². The maximum atomic E-state index is 12.9. The minimum atomic E-state index is -0.784. The highest BCUT2D eigenvalue weighted by molar-refractivity contribution is 5.71. The lowest BCUT2D eigenvalue weighted by Crippen LogP contribution is -2.30. The van der Waals surface area contributed by atoms with Crippen LogP contribution < -0.4 is 0 Å². The third-order valence-corrected chi connectivity index (χ3v) is 13.7. The topological polar surface area (TPSA) is 78.9 Å². The first kappa shape index (κ1) is 69.1. The van der Waals surface area contributed by atoms with Crippen molar-refractivity contribution in [2.75, 3.05) is 13.2 Å². The Kier molecular flexibility index (Phi) is 58.2. The van der Waals surface area contributed by atoms with Crippen molar-refractivity contribution in [1.29, 1.82) is 0 Å². The Bertz CT molecular complexity index is 1290. The molecule has 72 heavy (non-hydrogen) atoms. The van der Waals surface area contributed by atoms with Gasteiger partial charge in [-0.2, -0.15) is 0 Å². The predicted molar refractivity (Wildman–Crippen MR) is 312 cm³/mol. The van der Waals surface area contributed by atoms with Gasteiger partial charge in [-0.05, 0) is 109 Å². The molecule has 1 atom stereocenters. The number of hydrogen-bond donors (Lipinski definition) is 0. The van der Waals surface area contributed by atoms with E-state index in [9.17, 15) is 14.4 Å². The smallest absolute Gasteiger partial charge is 0.306 e. The summed E-state index contributed by atoms with van der Waals surface area (Å²) >= 11 is 0. The maximum absolute atomic E-state index is 12.9. The Morgan fingerprint density at radius 1 is 0.278 bits per heavy atom. The Labute approximate surface area is 447 Å². The van der Waals surface area contributed by atoms with E-state index in [-0.39, 0.29) is 31.1 Å². The molecule has 1 unspecified atom stereocenters. The molecule has 0 aromatic heterocycles. The highest BCUT2D eigenvalue weighted by atomic mass is 16.6. The van der Waals surface area contributed by atoms with E-state index in [0.29, 0.717) is 19.3 Å². The summed E-state index contributed by atoms with van der Waals surface area (Å²) in [7, 11) is 0. The summed E-state index contributed by atoms with van der Waals surface area (Å²) in [5.41, 5.74) is 0. The van der Waals surface area contributed by atoms with Gasteiger partial charge in [-0.25, -0.2) is 0 Å². The third kappa shape index (κ3) is 58.0. The normalized spacial score (nSPS) is 12.4. The Morgan fingerprint density at radius 3 is 0.806 bits per heavy atom. The van der Waals surface area contributed by atoms with E-state index in [1.807, 2.05) is 0 Å². The standard InChI is InChI=1S/C66H118O6/c1-4-7-10-13-16-19-22-25-28-31-32-33-34-36-38-41-44-47-50-53-56-59-65(68)71-62-63(61-70-64(67)58-55-52-49-46-43-40-37-30-27-24-21-18-15-12-9-6-3)72-66(69)60-57-54-51-48-45-42-39-35-29-26-23-20-17-14-11-8-5-2/h17,20,22,25-26,29-32,37,63H,4-16,18-19,21,23-24,27-28,33-36,38-62H2,1-3H3/b20-17-,25-22-,29-26-,32-31-,37-30-. The number of esters is 3. The van der Waals surface area contributed by atoms with Crippen LogP contribution in [-0.2, 0) is 28.6 Å². The minimum Gasteiger partial charge on any atom is -0.462 e. The molecule has 0 aromatic rings. The maximum Gasteiger partial charge on any atom is 0.306 e. The van der Waals surface area contributed by atoms with Crippen LogP contribution in [0.1, 0.15) is 323 Å². The fourth-order valence-corrected chi connectivity index (χ4v) is 8.97. The summed E-state index contributed by atoms with van der Waals surface area (Å²) in [4.78, 5) is 38.3. The van der Waals surface area contributed by atoms with Crippen LogP contribution in [0, 0.1) is 0 Å². The fourth-order valence-electron chi connectivity index (χ4n) is 8.97. The van der Waals surface area contributed by atoms with Crippen molar-refractivity contribution in [1.82, 2.24) is 0 Å². The van der Waals surface area contributed by atoms with Gasteiger partial charge in [-0.1, -0.05) is 255 Å². The molecule has 0 spiro atoms. The van der Waals surface area contributed by atoms with Gasteiger partial charge in [0, 0.05) is 19.3 Å². The molecule has 0 aromatic carbocycles. The Morgan fingerprint density at radius 2 is 0.500 bits per heavy atom. The molecule has 0 N–H and O–H groups in total. The van der Waals surface area contributed by atoms with Gasteiger partial charge in [0.15, 0.2) is 6.10 Å². The molecule has 0 aliphatic carbocycles. The van der Waals surface area contributed by atoms with Crippen LogP contribution in [0.4, 0.5) is 0 Å². The quantitative estimate of drug-likeness (QED) is 0.0261. The first-order chi connectivity index (χ1) is 35.5. The van der Waals surface area contributed by atoms with Crippen LogP contribution >= 0.6 is 0 Å². The van der Waals surface area contributed by atoms with Crippen molar-refractivity contribution in [3.05, 3.63) is 60.8 Å². The number of unbranched alkanes of at least 4 members (excludes halogenated alkanes) is 36. The van der Waals surface area contributed by atoms with Crippen LogP contribution in [0.15, 0.2) is 60.8 Å². The summed E-state index contributed by atoms with van der Waals surface area (Å²) in [6, 6.07) is 0. The van der Waals surface area contributed by atoms with Gasteiger partial charge >= 0.3 is 17.9 Å². The number of carbonyl (C=O) groups excluding carboxylic acids is 3. The molecule has 0 amide bonds. The van der Waals surface area contributed by atoms with E-state index in [2.05, 4.69) is 81.5 Å². The molecule has 6 nitrogen and oxygen atoms in total. The SMILES string of the molecule is CCCCC/C=C\C/C=C\CCCCCCCCCC(=O)OC(COC(=O)CCCCCCC/C=C\CCCCCCCCC)COC(=O)CCCCCCCCCCC/C=C\C/C=C\CCCCCCC. The van der Waals surface area contributed by atoms with E-state index in [1.54, 1.807) is 0 Å². The van der Waals surface area contributed by atoms with Crippen molar-refractivity contribution in [2.45, 2.75) is 329 Å². The lowest BCUT2D eigenvalue weighted by molar-refractivity contribution is -0.167. The van der Waals surface area contributed by atoms with E-state index in [4.69, 9.17) is 14.2 Å². The number of carbonyl (C=O) groups is 3. The van der Waals surface area contributed by atoms with Crippen molar-refractivity contribution in [3.8, 4) is 0 Å². The zero-order chi connectivity index (χ0) is 52.2. The molecule has 0 rings (SSSR count). The summed E-state index contributed by atoms with van der Waals surface area (Å²) in [5.74, 6) is -0.886. The molecule has 0 aliphatic heterocycles. The highest BCUT2D eigenvalue weighted by Crippen LogP contribution is 2.16. The predicted octanol–water partition coefficient (Wildman–Crippen LogP) is 21.2. The second-order valence-electron chi connectivity index (χ2n) is 21.0. The lowest BCUT2D eigenvalue weighted by atomic mass is 10.1. The summed E-state index contributed by atoms with van der Waals surface area (Å²) in [5, 5.41) is 0. The van der Waals surface area contributed by atoms with Crippen molar-refractivity contribution < 1.29 is 28.6 Å². The fraction of sp³-hybridized carbons (Fsp3) is 0.803. The van der Waals surface area contributed by atoms with E-state index < -0.39 is 6.10 Å². The molecular formula is C66H118O6. The van der Waals surface area contributed by atoms with Crippen LogP contribution in [0.5, 0.6) is 0 Å². The molecule has 0 fully saturated rings. The van der Waals surface area contributed by atoms with Gasteiger partial charge in [-0.3, -0.25) is 14.4 Å². The summed E-state index contributed by atoms with van der Waals surface area (Å²) in [6.07, 6.45) is 76.4. The molecule has 6 heteroatoms. The summed E-state index contributed by atoms with van der Waals surface area (Å²) in [6.45, 7) is 6.62. The second kappa shape index (κ2) is 60.7. The second-order valence-corrected chi connectivity index (χ2v) is 21.0. The molecule has 0 saturated carbocycles. The van der Waals surface area contributed by atoms with Crippen LogP contribution in [-0.4, -0.2) is 37.2 Å². The van der Waals surface area contributed by atoms with Crippen molar-refractivity contribution >= 4 is 17.9 Å². The zero-order valence-electron chi connectivity index (χ0n) is 47.9. The first-order valence-electron chi connectivity index (χ1n) is 31.3. The van der Waals surface area contributed by atoms with Crippen molar-refractivity contribution in [3.63, 3.8) is 0 Å². The molecule has 0 radical (unpaired) electrons. The largest absolute Gasteiger partial charge is 0.462 e. The molecule has 418 valence electrons. The van der Waals surface area contributed by atoms with Crippen LogP contribution in [0.2, 0.25) is 0 Å². The van der Waals surface area contributed by atoms with Gasteiger partial charge in [0.25, 0.3) is 0 Å². The highest BCUT2D eigenvalue weighted by Gasteiger charge is 2.19. The Hall–Kier alpha value is -2.89. The van der Waals surface area contributed by atoms with E-state index >= 15 is 0 Å². The van der Waals surface area contributed by atoms with Gasteiger partial charge in [0.1, 0.15) is 13.2 Å². The van der Waals surface area contributed by atoms with Gasteiger partial charge < -0.3 is 14.2 Å². The summed E-state index contributed by atoms with van der Waals surface area (Å²) < 4.78 is 16.9. The average molecular weight is 1010 g/mol. The minimum absolute atomic E-state index is 0.0810. The average Bonchev–Trinajstić information content (AvgIpc) is 3.38. The van der Waals surface area contributed by atoms with Gasteiger partial charge in [0.2, 0.25) is 0 Å². The van der Waals surface area contributed by atoms with Gasteiger partial charge in [0.05, 0.1) is 0 Å². The third-order valence-electron chi connectivity index (χ3n) is 13.7. The number of allylic oxidation sites excluding steroid dienone is 10. The first-order valence-corrected chi connectivity index (χ1v) is 31.3.